The van der Waals surface area contributed by atoms with Gasteiger partial charge in [0.2, 0.25) is 0 Å². The van der Waals surface area contributed by atoms with Crippen molar-refractivity contribution in [1.29, 1.82) is 0 Å². The Kier molecular flexibility index (Phi) is 4.98. The van der Waals surface area contributed by atoms with Gasteiger partial charge in [-0.1, -0.05) is 29.8 Å². The number of hydrogen-bond donors (Lipinski definition) is 2. The fraction of sp³-hybridized carbons (Fsp3) is 0.0625. The molecule has 0 spiro atoms. The molecule has 0 saturated heterocycles. The summed E-state index contributed by atoms with van der Waals surface area (Å²) in [5.74, 6) is 0.00350. The van der Waals surface area contributed by atoms with Crippen molar-refractivity contribution in [3.63, 3.8) is 0 Å². The molecule has 0 unspecified atom stereocenters. The number of carboxylic acid groups (broad SMARTS) is 1. The van der Waals surface area contributed by atoms with Gasteiger partial charge in [-0.3, -0.25) is 0 Å². The molecule has 0 amide bonds. The summed E-state index contributed by atoms with van der Waals surface area (Å²) < 4.78 is 5.65. The average molecular weight is 305 g/mol. The van der Waals surface area contributed by atoms with Crippen LogP contribution in [0.1, 0.15) is 11.1 Å². The molecule has 0 bridgehead atoms. The van der Waals surface area contributed by atoms with Crippen molar-refractivity contribution in [3.05, 3.63) is 64.7 Å². The van der Waals surface area contributed by atoms with Crippen molar-refractivity contribution < 1.29 is 19.7 Å². The molecule has 5 heteroatoms. The first kappa shape index (κ1) is 15.1. The summed E-state index contributed by atoms with van der Waals surface area (Å²) in [5, 5.41) is 18.0. The molecule has 0 fully saturated rings. The zero-order valence-corrected chi connectivity index (χ0v) is 11.7. The molecule has 0 atom stereocenters. The molecule has 2 N–H and O–H groups in total. The Labute approximate surface area is 126 Å². The van der Waals surface area contributed by atoms with Gasteiger partial charge >= 0.3 is 5.97 Å². The summed E-state index contributed by atoms with van der Waals surface area (Å²) >= 11 is 6.11. The summed E-state index contributed by atoms with van der Waals surface area (Å²) in [6.07, 6.45) is 2.49. The molecular formula is C16H13ClO4. The second-order valence-electron chi connectivity index (χ2n) is 4.27. The van der Waals surface area contributed by atoms with E-state index in [9.17, 15) is 4.79 Å². The lowest BCUT2D eigenvalue weighted by molar-refractivity contribution is -0.131. The quantitative estimate of drug-likeness (QED) is 0.826. The predicted octanol–water partition coefficient (Wildman–Crippen LogP) is 3.72. The largest absolute Gasteiger partial charge is 0.478 e. The van der Waals surface area contributed by atoms with Crippen molar-refractivity contribution in [2.45, 2.75) is 6.61 Å². The molecule has 0 heterocycles. The van der Waals surface area contributed by atoms with Gasteiger partial charge in [0.15, 0.2) is 0 Å². The van der Waals surface area contributed by atoms with Gasteiger partial charge in [0.25, 0.3) is 0 Å². The highest BCUT2D eigenvalue weighted by Crippen LogP contribution is 2.30. The van der Waals surface area contributed by atoms with E-state index < -0.39 is 5.97 Å². The summed E-state index contributed by atoms with van der Waals surface area (Å²) in [7, 11) is 0. The standard InChI is InChI=1S/C16H13ClO4/c17-14-9-11(5-7-16(19)20)4-6-15(14)21-13-3-1-2-12(8-13)10-18/h1-9,18H,10H2,(H,19,20)/b7-5+. The molecule has 0 saturated carbocycles. The van der Waals surface area contributed by atoms with Crippen LogP contribution in [0.3, 0.4) is 0 Å². The van der Waals surface area contributed by atoms with E-state index in [4.69, 9.17) is 26.6 Å². The fourth-order valence-corrected chi connectivity index (χ4v) is 1.93. The molecule has 0 radical (unpaired) electrons. The molecule has 0 aliphatic heterocycles. The van der Waals surface area contributed by atoms with Crippen LogP contribution < -0.4 is 4.74 Å². The van der Waals surface area contributed by atoms with Crippen molar-refractivity contribution in [2.75, 3.05) is 0 Å². The van der Waals surface area contributed by atoms with E-state index in [1.54, 1.807) is 42.5 Å². The monoisotopic (exact) mass is 304 g/mol. The molecule has 108 valence electrons. The summed E-state index contributed by atoms with van der Waals surface area (Å²) in [6.45, 7) is -0.0656. The van der Waals surface area contributed by atoms with Crippen LogP contribution in [0, 0.1) is 0 Å². The van der Waals surface area contributed by atoms with Crippen LogP contribution in [0.25, 0.3) is 6.08 Å². The van der Waals surface area contributed by atoms with Gasteiger partial charge in [0.1, 0.15) is 11.5 Å². The smallest absolute Gasteiger partial charge is 0.328 e. The molecule has 0 aromatic heterocycles. The summed E-state index contributed by atoms with van der Waals surface area (Å²) in [6, 6.07) is 12.0. The first-order chi connectivity index (χ1) is 10.1. The van der Waals surface area contributed by atoms with Gasteiger partial charge in [0.05, 0.1) is 11.6 Å². The maximum atomic E-state index is 10.5. The summed E-state index contributed by atoms with van der Waals surface area (Å²) in [5.41, 5.74) is 1.41. The van der Waals surface area contributed by atoms with Crippen LogP contribution in [0.2, 0.25) is 5.02 Å². The van der Waals surface area contributed by atoms with Gasteiger partial charge in [-0.25, -0.2) is 4.79 Å². The number of aliphatic hydroxyl groups excluding tert-OH is 1. The third-order valence-corrected chi connectivity index (χ3v) is 2.98. The fourth-order valence-electron chi connectivity index (χ4n) is 1.71. The molecule has 2 rings (SSSR count). The molecule has 21 heavy (non-hydrogen) atoms. The van der Waals surface area contributed by atoms with E-state index in [1.165, 1.54) is 6.08 Å². The Morgan fingerprint density at radius 3 is 2.71 bits per heavy atom. The van der Waals surface area contributed by atoms with E-state index >= 15 is 0 Å². The highest BCUT2D eigenvalue weighted by atomic mass is 35.5. The minimum atomic E-state index is -1.02. The maximum absolute atomic E-state index is 10.5. The number of rotatable bonds is 5. The normalized spacial score (nSPS) is 10.8. The molecule has 0 aliphatic rings. The van der Waals surface area contributed by atoms with Gasteiger partial charge < -0.3 is 14.9 Å². The zero-order valence-electron chi connectivity index (χ0n) is 11.0. The Morgan fingerprint density at radius 1 is 1.24 bits per heavy atom. The Balaban J connectivity index is 2.19. The number of aliphatic hydroxyl groups is 1. The van der Waals surface area contributed by atoms with Gasteiger partial charge in [-0.2, -0.15) is 0 Å². The van der Waals surface area contributed by atoms with Crippen LogP contribution in [-0.4, -0.2) is 16.2 Å². The van der Waals surface area contributed by atoms with Crippen molar-refractivity contribution in [3.8, 4) is 11.5 Å². The van der Waals surface area contributed by atoms with E-state index in [1.807, 2.05) is 0 Å². The lowest BCUT2D eigenvalue weighted by atomic mass is 10.2. The van der Waals surface area contributed by atoms with Gasteiger partial charge in [-0.05, 0) is 41.5 Å². The summed E-state index contributed by atoms with van der Waals surface area (Å²) in [4.78, 5) is 10.5. The minimum Gasteiger partial charge on any atom is -0.478 e. The van der Waals surface area contributed by atoms with E-state index in [2.05, 4.69) is 0 Å². The molecule has 2 aromatic rings. The van der Waals surface area contributed by atoms with Crippen molar-refractivity contribution in [2.24, 2.45) is 0 Å². The number of aliphatic carboxylic acids is 1. The first-order valence-corrected chi connectivity index (χ1v) is 6.54. The van der Waals surface area contributed by atoms with E-state index in [0.717, 1.165) is 11.6 Å². The SMILES string of the molecule is O=C(O)/C=C/c1ccc(Oc2cccc(CO)c2)c(Cl)c1. The number of halogens is 1. The predicted molar refractivity (Wildman–Crippen MR) is 80.6 cm³/mol. The number of hydrogen-bond acceptors (Lipinski definition) is 3. The zero-order chi connectivity index (χ0) is 15.2. The second kappa shape index (κ2) is 6.92. The average Bonchev–Trinajstić information content (AvgIpc) is 2.48. The molecule has 2 aromatic carbocycles. The minimum absolute atomic E-state index is 0.0656. The lowest BCUT2D eigenvalue weighted by Crippen LogP contribution is -1.89. The highest BCUT2D eigenvalue weighted by Gasteiger charge is 2.04. The van der Waals surface area contributed by atoms with Crippen molar-refractivity contribution in [1.82, 2.24) is 0 Å². The van der Waals surface area contributed by atoms with Crippen LogP contribution in [-0.2, 0) is 11.4 Å². The first-order valence-electron chi connectivity index (χ1n) is 6.16. The maximum Gasteiger partial charge on any atom is 0.328 e. The molecule has 4 nitrogen and oxygen atoms in total. The van der Waals surface area contributed by atoms with Crippen LogP contribution in [0.15, 0.2) is 48.5 Å². The Bertz CT molecular complexity index is 680. The third kappa shape index (κ3) is 4.34. The second-order valence-corrected chi connectivity index (χ2v) is 4.68. The van der Waals surface area contributed by atoms with E-state index in [-0.39, 0.29) is 6.61 Å². The van der Waals surface area contributed by atoms with Crippen molar-refractivity contribution >= 4 is 23.6 Å². The Hall–Kier alpha value is -2.30. The number of carbonyl (C=O) groups is 1. The molecular weight excluding hydrogens is 292 g/mol. The number of carboxylic acids is 1. The van der Waals surface area contributed by atoms with E-state index in [0.29, 0.717) is 22.1 Å². The highest BCUT2D eigenvalue weighted by molar-refractivity contribution is 6.32. The lowest BCUT2D eigenvalue weighted by Gasteiger charge is -2.09. The van der Waals surface area contributed by atoms with Gasteiger partial charge in [-0.15, -0.1) is 0 Å². The number of benzene rings is 2. The van der Waals surface area contributed by atoms with Crippen LogP contribution in [0.4, 0.5) is 0 Å². The van der Waals surface area contributed by atoms with Crippen LogP contribution in [0.5, 0.6) is 11.5 Å². The topological polar surface area (TPSA) is 66.8 Å². The Morgan fingerprint density at radius 2 is 2.05 bits per heavy atom. The van der Waals surface area contributed by atoms with Crippen LogP contribution >= 0.6 is 11.6 Å². The third-order valence-electron chi connectivity index (χ3n) is 2.68. The molecule has 0 aliphatic carbocycles. The number of ether oxygens (including phenoxy) is 1. The van der Waals surface area contributed by atoms with Gasteiger partial charge in [0, 0.05) is 6.08 Å².